The first-order chi connectivity index (χ1) is 18.2. The summed E-state index contributed by atoms with van der Waals surface area (Å²) in [6, 6.07) is 4.26. The maximum absolute atomic E-state index is 13.4. The molecule has 2 fully saturated rings. The highest BCUT2D eigenvalue weighted by molar-refractivity contribution is 6.03. The van der Waals surface area contributed by atoms with Crippen molar-refractivity contribution in [3.8, 4) is 11.3 Å². The van der Waals surface area contributed by atoms with Crippen molar-refractivity contribution in [3.63, 3.8) is 0 Å². The third-order valence-corrected chi connectivity index (χ3v) is 7.18. The summed E-state index contributed by atoms with van der Waals surface area (Å²) in [5.74, 6) is 0.177. The first-order valence-corrected chi connectivity index (χ1v) is 11.9. The largest absolute Gasteiger partial charge is 0.400 e. The highest BCUT2D eigenvalue weighted by Gasteiger charge is 2.66. The van der Waals surface area contributed by atoms with E-state index in [1.54, 1.807) is 22.9 Å². The number of nitrogens with one attached hydrogen (secondary N) is 2. The lowest BCUT2D eigenvalue weighted by molar-refractivity contribution is -0.161. The Kier molecular flexibility index (Phi) is 4.57. The summed E-state index contributed by atoms with van der Waals surface area (Å²) in [6.45, 7) is 0. The van der Waals surface area contributed by atoms with Crippen LogP contribution in [0.3, 0.4) is 0 Å². The van der Waals surface area contributed by atoms with Gasteiger partial charge >= 0.3 is 12.2 Å². The highest BCUT2D eigenvalue weighted by Crippen LogP contribution is 2.58. The number of hydrogen-bond donors (Lipinski definition) is 3. The molecule has 0 aromatic carbocycles. The third kappa shape index (κ3) is 3.39. The van der Waals surface area contributed by atoms with Gasteiger partial charge in [-0.1, -0.05) is 5.16 Å². The minimum Gasteiger partial charge on any atom is -0.383 e. The van der Waals surface area contributed by atoms with Crippen molar-refractivity contribution in [3.05, 3.63) is 48.8 Å². The van der Waals surface area contributed by atoms with E-state index >= 15 is 0 Å². The predicted molar refractivity (Wildman–Crippen MR) is 131 cm³/mol. The molecule has 38 heavy (non-hydrogen) atoms. The Labute approximate surface area is 211 Å². The van der Waals surface area contributed by atoms with E-state index in [4.69, 9.17) is 10.3 Å². The fourth-order valence-corrected chi connectivity index (χ4v) is 4.90. The van der Waals surface area contributed by atoms with Crippen LogP contribution in [0.2, 0.25) is 0 Å². The molecular formula is C24H20F3N9O2. The smallest absolute Gasteiger partial charge is 0.383 e. The Bertz CT molecular complexity index is 1730. The average Bonchev–Trinajstić information content (AvgIpc) is 3.74. The van der Waals surface area contributed by atoms with E-state index in [2.05, 4.69) is 35.3 Å². The van der Waals surface area contributed by atoms with E-state index in [-0.39, 0.29) is 24.4 Å². The zero-order valence-electron chi connectivity index (χ0n) is 19.7. The van der Waals surface area contributed by atoms with E-state index in [0.717, 1.165) is 41.2 Å². The number of alkyl halides is 3. The topological polar surface area (TPSA) is 141 Å². The standard InChI is InChI=1S/C24H20F3N9O2/c25-24(26,27)23(5-6-23)16-9-17(38-34-16)33-22(37)32-14-3-4-15(35-8-7-29-20(14)35)13-10-36(12-1-2-12)21-18(13)19(28)30-11-31-21/h3-4,7-12H,1-2,5-6H2,(H2,28,30,31)(H2,32,33,37). The van der Waals surface area contributed by atoms with Crippen LogP contribution in [0.4, 0.5) is 35.4 Å². The van der Waals surface area contributed by atoms with Crippen LogP contribution in [-0.2, 0) is 5.41 Å². The normalized spacial score (nSPS) is 16.7. The number of amides is 2. The maximum Gasteiger partial charge on any atom is 0.400 e. The molecule has 2 amide bonds. The Morgan fingerprint density at radius 2 is 1.95 bits per heavy atom. The maximum atomic E-state index is 13.4. The number of carbonyl (C=O) groups excluding carboxylic acids is 1. The number of rotatable bonds is 5. The molecule has 0 spiro atoms. The highest BCUT2D eigenvalue weighted by atomic mass is 19.4. The van der Waals surface area contributed by atoms with Crippen LogP contribution in [0.1, 0.15) is 37.4 Å². The monoisotopic (exact) mass is 523 g/mol. The molecule has 0 atom stereocenters. The van der Waals surface area contributed by atoms with Gasteiger partial charge < -0.3 is 20.1 Å². The molecule has 0 unspecified atom stereocenters. The Hall–Kier alpha value is -4.62. The molecule has 194 valence electrons. The molecule has 14 heteroatoms. The van der Waals surface area contributed by atoms with Crippen molar-refractivity contribution in [2.75, 3.05) is 16.4 Å². The zero-order valence-corrected chi connectivity index (χ0v) is 19.7. The second-order valence-electron chi connectivity index (χ2n) is 9.63. The van der Waals surface area contributed by atoms with E-state index in [9.17, 15) is 18.0 Å². The van der Waals surface area contributed by atoms with Gasteiger partial charge in [-0.15, -0.1) is 0 Å². The number of anilines is 3. The van der Waals surface area contributed by atoms with E-state index in [1.165, 1.54) is 6.33 Å². The van der Waals surface area contributed by atoms with Gasteiger partial charge in [0.15, 0.2) is 5.65 Å². The molecule has 2 aliphatic rings. The van der Waals surface area contributed by atoms with Crippen molar-refractivity contribution >= 4 is 40.1 Å². The lowest BCUT2D eigenvalue weighted by Crippen LogP contribution is -2.28. The number of aromatic nitrogens is 6. The Balaban J connectivity index is 1.18. The minimum atomic E-state index is -4.43. The van der Waals surface area contributed by atoms with Crippen molar-refractivity contribution in [2.24, 2.45) is 0 Å². The van der Waals surface area contributed by atoms with Gasteiger partial charge in [0, 0.05) is 36.3 Å². The quantitative estimate of drug-likeness (QED) is 0.298. The van der Waals surface area contributed by atoms with Gasteiger partial charge in [-0.3, -0.25) is 9.72 Å². The van der Waals surface area contributed by atoms with Crippen LogP contribution in [0.25, 0.3) is 27.9 Å². The van der Waals surface area contributed by atoms with Crippen molar-refractivity contribution < 1.29 is 22.5 Å². The zero-order chi connectivity index (χ0) is 26.2. The van der Waals surface area contributed by atoms with Crippen molar-refractivity contribution in [2.45, 2.75) is 43.3 Å². The van der Waals surface area contributed by atoms with Crippen LogP contribution < -0.4 is 16.4 Å². The molecule has 5 heterocycles. The van der Waals surface area contributed by atoms with Gasteiger partial charge in [0.25, 0.3) is 0 Å². The molecule has 0 aliphatic heterocycles. The number of imidazole rings is 1. The summed E-state index contributed by atoms with van der Waals surface area (Å²) in [5, 5.41) is 9.35. The molecule has 2 aliphatic carbocycles. The minimum absolute atomic E-state index is 0.0595. The molecule has 5 aromatic heterocycles. The number of fused-ring (bicyclic) bond motifs is 2. The van der Waals surface area contributed by atoms with Crippen LogP contribution in [0.5, 0.6) is 0 Å². The fraction of sp³-hybridized carbons (Fsp3) is 0.292. The average molecular weight is 523 g/mol. The van der Waals surface area contributed by atoms with Gasteiger partial charge in [0.1, 0.15) is 28.9 Å². The number of nitrogens with two attached hydrogens (primary N) is 1. The Morgan fingerprint density at radius 1 is 1.13 bits per heavy atom. The van der Waals surface area contributed by atoms with Gasteiger partial charge in [-0.2, -0.15) is 13.2 Å². The van der Waals surface area contributed by atoms with Crippen LogP contribution in [-0.4, -0.2) is 41.3 Å². The van der Waals surface area contributed by atoms with Gasteiger partial charge in [0.05, 0.1) is 16.8 Å². The number of nitrogens with zero attached hydrogens (tertiary/aromatic N) is 6. The SMILES string of the molecule is Nc1ncnc2c1c(-c1ccc(NC(=O)Nc3cc(C4(C(F)(F)F)CC4)no3)c3nccn13)cn2C1CC1. The van der Waals surface area contributed by atoms with Crippen LogP contribution in [0.15, 0.2) is 47.6 Å². The van der Waals surface area contributed by atoms with E-state index in [1.807, 2.05) is 12.3 Å². The summed E-state index contributed by atoms with van der Waals surface area (Å²) in [7, 11) is 0. The first kappa shape index (κ1) is 22.6. The summed E-state index contributed by atoms with van der Waals surface area (Å²) in [5.41, 5.74) is 7.19. The molecule has 7 rings (SSSR count). The number of nitrogen functional groups attached to an aromatic ring is 1. The number of carbonyl (C=O) groups is 1. The summed E-state index contributed by atoms with van der Waals surface area (Å²) in [6.07, 6.45) is 4.39. The summed E-state index contributed by atoms with van der Waals surface area (Å²) in [4.78, 5) is 25.7. The van der Waals surface area contributed by atoms with Crippen LogP contribution >= 0.6 is 0 Å². The fourth-order valence-electron chi connectivity index (χ4n) is 4.90. The predicted octanol–water partition coefficient (Wildman–Crippen LogP) is 4.89. The molecule has 4 N–H and O–H groups in total. The molecule has 0 radical (unpaired) electrons. The number of halogens is 3. The van der Waals surface area contributed by atoms with E-state index < -0.39 is 17.6 Å². The molecule has 0 bridgehead atoms. The number of pyridine rings is 1. The second-order valence-corrected chi connectivity index (χ2v) is 9.63. The van der Waals surface area contributed by atoms with Crippen molar-refractivity contribution in [1.29, 1.82) is 0 Å². The third-order valence-electron chi connectivity index (χ3n) is 7.18. The Morgan fingerprint density at radius 3 is 2.68 bits per heavy atom. The number of urea groups is 1. The molecule has 0 saturated heterocycles. The number of hydrogen-bond acceptors (Lipinski definition) is 7. The first-order valence-electron chi connectivity index (χ1n) is 11.9. The van der Waals surface area contributed by atoms with Crippen LogP contribution in [0, 0.1) is 0 Å². The molecule has 11 nitrogen and oxygen atoms in total. The van der Waals surface area contributed by atoms with E-state index in [0.29, 0.717) is 23.2 Å². The summed E-state index contributed by atoms with van der Waals surface area (Å²) < 4.78 is 49.0. The lowest BCUT2D eigenvalue weighted by Gasteiger charge is -2.15. The second kappa shape index (κ2) is 7.69. The lowest BCUT2D eigenvalue weighted by atomic mass is 10.0. The van der Waals surface area contributed by atoms with Gasteiger partial charge in [-0.25, -0.2) is 19.7 Å². The summed E-state index contributed by atoms with van der Waals surface area (Å²) >= 11 is 0. The molecular weight excluding hydrogens is 503 g/mol. The van der Waals surface area contributed by atoms with Crippen molar-refractivity contribution in [1.82, 2.24) is 29.1 Å². The van der Waals surface area contributed by atoms with Gasteiger partial charge in [0.2, 0.25) is 5.88 Å². The molecule has 5 aromatic rings. The molecule has 2 saturated carbocycles. The van der Waals surface area contributed by atoms with Gasteiger partial charge in [-0.05, 0) is 37.8 Å².